The molecule has 194 valence electrons. The van der Waals surface area contributed by atoms with Crippen molar-refractivity contribution in [2.45, 2.75) is 13.5 Å². The lowest BCUT2D eigenvalue weighted by molar-refractivity contribution is -0.118. The molecule has 4 rings (SSSR count). The standard InChI is InChI=1S/C27H19Br2Cl2FN4O2/c1-15-9-18(28)10-17(11-21(32)26(37)33-14-16-5-3-2-4-6-16)25(15)34-27(38)23-13-24(29)35-36(23)22-8-7-19(30)12-20(22)31/h2-13H,14H2,1H3,(H,33,37)(H,34,38)/b21-11-. The smallest absolute Gasteiger partial charge is 0.280 e. The number of carbonyl (C=O) groups is 2. The Hall–Kier alpha value is -2.98. The first-order chi connectivity index (χ1) is 18.1. The summed E-state index contributed by atoms with van der Waals surface area (Å²) in [5, 5.41) is 10.4. The molecule has 0 atom stereocenters. The van der Waals surface area contributed by atoms with Crippen LogP contribution >= 0.6 is 55.1 Å². The third-order valence-corrected chi connectivity index (χ3v) is 6.80. The summed E-state index contributed by atoms with van der Waals surface area (Å²) in [5.41, 5.74) is 2.72. The maximum Gasteiger partial charge on any atom is 0.280 e. The molecule has 1 heterocycles. The average molecular weight is 681 g/mol. The minimum Gasteiger partial charge on any atom is -0.346 e. The molecule has 3 aromatic carbocycles. The fourth-order valence-electron chi connectivity index (χ4n) is 3.65. The largest absolute Gasteiger partial charge is 0.346 e. The monoisotopic (exact) mass is 678 g/mol. The molecule has 0 aliphatic heterocycles. The van der Waals surface area contributed by atoms with Crippen molar-refractivity contribution in [3.8, 4) is 5.69 Å². The van der Waals surface area contributed by atoms with Crippen LogP contribution in [0.5, 0.6) is 0 Å². The van der Waals surface area contributed by atoms with E-state index in [1.165, 1.54) is 10.7 Å². The van der Waals surface area contributed by atoms with Gasteiger partial charge in [-0.3, -0.25) is 9.59 Å². The molecule has 11 heteroatoms. The Balaban J connectivity index is 1.62. The summed E-state index contributed by atoms with van der Waals surface area (Å²) in [6, 6.07) is 18.9. The van der Waals surface area contributed by atoms with Crippen molar-refractivity contribution in [3.05, 3.63) is 114 Å². The van der Waals surface area contributed by atoms with Gasteiger partial charge in [0.2, 0.25) is 0 Å². The minimum atomic E-state index is -1.00. The van der Waals surface area contributed by atoms with Gasteiger partial charge in [-0.1, -0.05) is 69.5 Å². The first kappa shape index (κ1) is 28.0. The van der Waals surface area contributed by atoms with Gasteiger partial charge >= 0.3 is 0 Å². The number of aryl methyl sites for hydroxylation is 1. The van der Waals surface area contributed by atoms with Gasteiger partial charge in [0.15, 0.2) is 5.83 Å². The topological polar surface area (TPSA) is 76.0 Å². The highest BCUT2D eigenvalue weighted by Crippen LogP contribution is 2.30. The number of aromatic nitrogens is 2. The molecule has 0 fully saturated rings. The van der Waals surface area contributed by atoms with E-state index >= 15 is 0 Å². The molecule has 0 spiro atoms. The van der Waals surface area contributed by atoms with Gasteiger partial charge in [0.1, 0.15) is 10.3 Å². The van der Waals surface area contributed by atoms with Crippen molar-refractivity contribution < 1.29 is 14.0 Å². The van der Waals surface area contributed by atoms with E-state index in [4.69, 9.17) is 23.2 Å². The molecular formula is C27H19Br2Cl2FN4O2. The summed E-state index contributed by atoms with van der Waals surface area (Å²) in [6.45, 7) is 1.93. The predicted molar refractivity (Wildman–Crippen MR) is 155 cm³/mol. The summed E-state index contributed by atoms with van der Waals surface area (Å²) >= 11 is 19.1. The maximum atomic E-state index is 14.9. The maximum absolute atomic E-state index is 14.9. The Bertz CT molecular complexity index is 1560. The van der Waals surface area contributed by atoms with E-state index in [2.05, 4.69) is 47.6 Å². The van der Waals surface area contributed by atoms with Crippen molar-refractivity contribution in [2.24, 2.45) is 0 Å². The second-order valence-electron chi connectivity index (χ2n) is 8.16. The van der Waals surface area contributed by atoms with Crippen LogP contribution in [-0.4, -0.2) is 21.6 Å². The molecular weight excluding hydrogens is 662 g/mol. The van der Waals surface area contributed by atoms with E-state index in [0.29, 0.717) is 41.6 Å². The molecule has 0 unspecified atom stereocenters. The van der Waals surface area contributed by atoms with E-state index in [9.17, 15) is 14.0 Å². The zero-order valence-electron chi connectivity index (χ0n) is 19.7. The van der Waals surface area contributed by atoms with E-state index in [1.807, 2.05) is 30.3 Å². The zero-order valence-corrected chi connectivity index (χ0v) is 24.4. The van der Waals surface area contributed by atoms with Crippen LogP contribution in [-0.2, 0) is 11.3 Å². The van der Waals surface area contributed by atoms with Gasteiger partial charge in [-0.25, -0.2) is 9.07 Å². The van der Waals surface area contributed by atoms with E-state index in [1.54, 1.807) is 37.3 Å². The zero-order chi connectivity index (χ0) is 27.4. The number of halogens is 5. The second-order valence-corrected chi connectivity index (χ2v) is 10.7. The van der Waals surface area contributed by atoms with Gasteiger partial charge in [0, 0.05) is 27.7 Å². The highest BCUT2D eigenvalue weighted by molar-refractivity contribution is 9.10. The van der Waals surface area contributed by atoms with Crippen LogP contribution in [0.2, 0.25) is 10.0 Å². The molecule has 2 N–H and O–H groups in total. The summed E-state index contributed by atoms with van der Waals surface area (Å²) in [7, 11) is 0. The van der Waals surface area contributed by atoms with Crippen LogP contribution in [0.4, 0.5) is 10.1 Å². The average Bonchev–Trinajstić information content (AvgIpc) is 3.26. The van der Waals surface area contributed by atoms with Crippen molar-refractivity contribution in [1.82, 2.24) is 15.1 Å². The molecule has 0 saturated carbocycles. The lowest BCUT2D eigenvalue weighted by atomic mass is 10.1. The van der Waals surface area contributed by atoms with Crippen molar-refractivity contribution in [1.29, 1.82) is 0 Å². The first-order valence-corrected chi connectivity index (χ1v) is 13.5. The second kappa shape index (κ2) is 12.3. The van der Waals surface area contributed by atoms with Gasteiger partial charge in [-0.05, 0) is 70.4 Å². The number of amides is 2. The van der Waals surface area contributed by atoms with Crippen LogP contribution in [0.25, 0.3) is 11.8 Å². The van der Waals surface area contributed by atoms with Gasteiger partial charge in [-0.15, -0.1) is 0 Å². The summed E-state index contributed by atoms with van der Waals surface area (Å²) in [6.07, 6.45) is 1.08. The number of hydrogen-bond acceptors (Lipinski definition) is 3. The van der Waals surface area contributed by atoms with E-state index in [0.717, 1.165) is 11.6 Å². The number of nitrogens with one attached hydrogen (secondary N) is 2. The van der Waals surface area contributed by atoms with Crippen LogP contribution < -0.4 is 10.6 Å². The van der Waals surface area contributed by atoms with Crippen molar-refractivity contribution >= 4 is 78.6 Å². The van der Waals surface area contributed by atoms with Crippen molar-refractivity contribution in [2.75, 3.05) is 5.32 Å². The Morgan fingerprint density at radius 1 is 1.05 bits per heavy atom. The summed E-state index contributed by atoms with van der Waals surface area (Å²) in [4.78, 5) is 25.8. The Kier molecular flexibility index (Phi) is 9.04. The van der Waals surface area contributed by atoms with E-state index in [-0.39, 0.29) is 12.2 Å². The minimum absolute atomic E-state index is 0.166. The quantitative estimate of drug-likeness (QED) is 0.195. The molecule has 2 amide bonds. The van der Waals surface area contributed by atoms with Gasteiger partial charge in [-0.2, -0.15) is 5.10 Å². The predicted octanol–water partition coefficient (Wildman–Crippen LogP) is 7.89. The molecule has 0 radical (unpaired) electrons. The summed E-state index contributed by atoms with van der Waals surface area (Å²) < 4.78 is 17.4. The third kappa shape index (κ3) is 6.71. The Morgan fingerprint density at radius 2 is 1.79 bits per heavy atom. The van der Waals surface area contributed by atoms with Gasteiger partial charge in [0.25, 0.3) is 11.8 Å². The highest BCUT2D eigenvalue weighted by Gasteiger charge is 2.20. The molecule has 0 aliphatic rings. The Morgan fingerprint density at radius 3 is 2.50 bits per heavy atom. The van der Waals surface area contributed by atoms with Gasteiger partial charge in [0.05, 0.1) is 16.4 Å². The number of rotatable bonds is 7. The molecule has 6 nitrogen and oxygen atoms in total. The fourth-order valence-corrected chi connectivity index (χ4v) is 5.10. The highest BCUT2D eigenvalue weighted by atomic mass is 79.9. The lowest BCUT2D eigenvalue weighted by Crippen LogP contribution is -2.23. The van der Waals surface area contributed by atoms with Crippen molar-refractivity contribution in [3.63, 3.8) is 0 Å². The molecule has 0 aliphatic carbocycles. The fraction of sp³-hybridized carbons (Fsp3) is 0.0741. The SMILES string of the molecule is Cc1cc(Br)cc(/C=C(\F)C(=O)NCc2ccccc2)c1NC(=O)c1cc(Br)nn1-c1ccc(Cl)cc1Cl. The molecule has 0 saturated heterocycles. The molecule has 38 heavy (non-hydrogen) atoms. The van der Waals surface area contributed by atoms with E-state index < -0.39 is 17.6 Å². The van der Waals surface area contributed by atoms with Gasteiger partial charge < -0.3 is 10.6 Å². The van der Waals surface area contributed by atoms with Crippen LogP contribution in [0, 0.1) is 6.92 Å². The summed E-state index contributed by atoms with van der Waals surface area (Å²) in [5.74, 6) is -2.40. The lowest BCUT2D eigenvalue weighted by Gasteiger charge is -2.14. The Labute approximate surface area is 245 Å². The first-order valence-electron chi connectivity index (χ1n) is 11.1. The van der Waals surface area contributed by atoms with Crippen LogP contribution in [0.3, 0.4) is 0 Å². The number of hydrogen-bond donors (Lipinski definition) is 2. The normalized spacial score (nSPS) is 11.4. The number of anilines is 1. The third-order valence-electron chi connectivity index (χ3n) is 5.41. The number of benzene rings is 3. The molecule has 4 aromatic rings. The van der Waals surface area contributed by atoms with Crippen LogP contribution in [0.1, 0.15) is 27.2 Å². The molecule has 1 aromatic heterocycles. The number of carbonyl (C=O) groups excluding carboxylic acids is 2. The van der Waals surface area contributed by atoms with Crippen LogP contribution in [0.15, 0.2) is 81.6 Å². The molecule has 0 bridgehead atoms. The number of nitrogens with zero attached hydrogens (tertiary/aromatic N) is 2.